The molecule has 0 amide bonds. The highest BCUT2D eigenvalue weighted by Gasteiger charge is 2.21. The molecular weight excluding hydrogens is 228 g/mol. The van der Waals surface area contributed by atoms with Crippen molar-refractivity contribution in [1.29, 1.82) is 0 Å². The smallest absolute Gasteiger partial charge is 0.205 e. The zero-order chi connectivity index (χ0) is 13.0. The van der Waals surface area contributed by atoms with Crippen molar-refractivity contribution < 1.29 is 4.74 Å². The molecule has 0 aliphatic carbocycles. The molecule has 5 heteroatoms. The first-order valence-electron chi connectivity index (χ1n) is 6.68. The quantitative estimate of drug-likeness (QED) is 0.850. The van der Waals surface area contributed by atoms with Gasteiger partial charge < -0.3 is 19.5 Å². The van der Waals surface area contributed by atoms with E-state index in [2.05, 4.69) is 33.0 Å². The Balaban J connectivity index is 2.09. The number of nitrogens with zero attached hydrogens (tertiary/aromatic N) is 3. The first kappa shape index (κ1) is 13.4. The van der Waals surface area contributed by atoms with Gasteiger partial charge in [-0.2, -0.15) is 0 Å². The van der Waals surface area contributed by atoms with Crippen LogP contribution in [0.25, 0.3) is 0 Å². The van der Waals surface area contributed by atoms with Gasteiger partial charge in [-0.15, -0.1) is 0 Å². The fraction of sp³-hybridized carbons (Fsp3) is 0.769. The van der Waals surface area contributed by atoms with E-state index in [1.807, 2.05) is 6.92 Å². The SMILES string of the molecule is COCCn1cc(C)nc1N(C)C1CCCNC1. The number of likely N-dealkylation sites (N-methyl/N-ethyl adjacent to an activating group) is 1. The van der Waals surface area contributed by atoms with E-state index in [0.29, 0.717) is 6.04 Å². The number of imidazole rings is 1. The van der Waals surface area contributed by atoms with Gasteiger partial charge in [0, 0.05) is 39.5 Å². The minimum atomic E-state index is 0.543. The molecular formula is C13H24N4O. The summed E-state index contributed by atoms with van der Waals surface area (Å²) in [6.45, 7) is 5.81. The second-order valence-corrected chi connectivity index (χ2v) is 4.98. The number of hydrogen-bond acceptors (Lipinski definition) is 4. The van der Waals surface area contributed by atoms with Gasteiger partial charge in [-0.3, -0.25) is 0 Å². The van der Waals surface area contributed by atoms with E-state index >= 15 is 0 Å². The molecule has 2 rings (SSSR count). The van der Waals surface area contributed by atoms with Crippen molar-refractivity contribution in [3.05, 3.63) is 11.9 Å². The first-order valence-corrected chi connectivity index (χ1v) is 6.68. The lowest BCUT2D eigenvalue weighted by Crippen LogP contribution is -2.45. The third-order valence-corrected chi connectivity index (χ3v) is 3.55. The molecule has 0 saturated carbocycles. The highest BCUT2D eigenvalue weighted by molar-refractivity contribution is 5.34. The number of aryl methyl sites for hydroxylation is 1. The molecule has 1 fully saturated rings. The van der Waals surface area contributed by atoms with Gasteiger partial charge in [-0.1, -0.05) is 0 Å². The Kier molecular flexibility index (Phi) is 4.60. The predicted molar refractivity (Wildman–Crippen MR) is 73.1 cm³/mol. The molecule has 0 aromatic carbocycles. The van der Waals surface area contributed by atoms with Crippen LogP contribution >= 0.6 is 0 Å². The molecule has 1 aliphatic rings. The van der Waals surface area contributed by atoms with Crippen molar-refractivity contribution in [2.45, 2.75) is 32.4 Å². The number of ether oxygens (including phenoxy) is 1. The molecule has 102 valence electrons. The molecule has 0 spiro atoms. The predicted octanol–water partition coefficient (Wildman–Crippen LogP) is 1.03. The van der Waals surface area contributed by atoms with Gasteiger partial charge in [-0.25, -0.2) is 4.98 Å². The van der Waals surface area contributed by atoms with Crippen LogP contribution in [0.2, 0.25) is 0 Å². The van der Waals surface area contributed by atoms with E-state index in [0.717, 1.165) is 37.9 Å². The van der Waals surface area contributed by atoms with Crippen molar-refractivity contribution in [3.8, 4) is 0 Å². The van der Waals surface area contributed by atoms with Crippen molar-refractivity contribution in [2.24, 2.45) is 0 Å². The molecule has 5 nitrogen and oxygen atoms in total. The second kappa shape index (κ2) is 6.20. The fourth-order valence-electron chi connectivity index (χ4n) is 2.50. The number of anilines is 1. The van der Waals surface area contributed by atoms with E-state index in [1.54, 1.807) is 7.11 Å². The largest absolute Gasteiger partial charge is 0.383 e. The molecule has 0 radical (unpaired) electrons. The van der Waals surface area contributed by atoms with Gasteiger partial charge in [-0.05, 0) is 26.3 Å². The van der Waals surface area contributed by atoms with Crippen molar-refractivity contribution in [1.82, 2.24) is 14.9 Å². The van der Waals surface area contributed by atoms with E-state index in [-0.39, 0.29) is 0 Å². The topological polar surface area (TPSA) is 42.3 Å². The van der Waals surface area contributed by atoms with Crippen LogP contribution in [0.1, 0.15) is 18.5 Å². The molecule has 1 aromatic heterocycles. The lowest BCUT2D eigenvalue weighted by atomic mass is 10.1. The van der Waals surface area contributed by atoms with Gasteiger partial charge in [0.2, 0.25) is 5.95 Å². The lowest BCUT2D eigenvalue weighted by Gasteiger charge is -2.32. The Hall–Kier alpha value is -1.07. The Labute approximate surface area is 109 Å². The minimum absolute atomic E-state index is 0.543. The zero-order valence-corrected chi connectivity index (χ0v) is 11.6. The number of hydrogen-bond donors (Lipinski definition) is 1. The first-order chi connectivity index (χ1) is 8.72. The Morgan fingerprint density at radius 1 is 1.61 bits per heavy atom. The summed E-state index contributed by atoms with van der Waals surface area (Å²) < 4.78 is 7.34. The standard InChI is InChI=1S/C13H24N4O/c1-11-10-17(7-8-18-3)13(15-11)16(2)12-5-4-6-14-9-12/h10,12,14H,4-9H2,1-3H3. The van der Waals surface area contributed by atoms with Crippen molar-refractivity contribution >= 4 is 5.95 Å². The molecule has 0 bridgehead atoms. The van der Waals surface area contributed by atoms with Crippen molar-refractivity contribution in [3.63, 3.8) is 0 Å². The summed E-state index contributed by atoms with van der Waals surface area (Å²) >= 11 is 0. The van der Waals surface area contributed by atoms with Gasteiger partial charge >= 0.3 is 0 Å². The van der Waals surface area contributed by atoms with Crippen LogP contribution in [-0.2, 0) is 11.3 Å². The summed E-state index contributed by atoms with van der Waals surface area (Å²) in [5, 5.41) is 3.45. The molecule has 1 N–H and O–H groups in total. The van der Waals surface area contributed by atoms with Crippen molar-refractivity contribution in [2.75, 3.05) is 38.8 Å². The van der Waals surface area contributed by atoms with Gasteiger partial charge in [0.1, 0.15) is 0 Å². The molecule has 2 heterocycles. The Bertz CT molecular complexity index is 371. The Morgan fingerprint density at radius 3 is 3.11 bits per heavy atom. The third kappa shape index (κ3) is 3.03. The van der Waals surface area contributed by atoms with Crippen LogP contribution in [0.4, 0.5) is 5.95 Å². The summed E-state index contributed by atoms with van der Waals surface area (Å²) in [5.41, 5.74) is 1.07. The summed E-state index contributed by atoms with van der Waals surface area (Å²) in [4.78, 5) is 6.94. The number of piperidine rings is 1. The molecule has 1 aromatic rings. The van der Waals surface area contributed by atoms with E-state index in [9.17, 15) is 0 Å². The van der Waals surface area contributed by atoms with Crippen LogP contribution < -0.4 is 10.2 Å². The summed E-state index contributed by atoms with van der Waals surface area (Å²) in [6, 6.07) is 0.543. The number of rotatable bonds is 5. The summed E-state index contributed by atoms with van der Waals surface area (Å²) in [6.07, 6.45) is 4.58. The van der Waals surface area contributed by atoms with Crippen LogP contribution in [0.3, 0.4) is 0 Å². The van der Waals surface area contributed by atoms with Gasteiger partial charge in [0.25, 0.3) is 0 Å². The summed E-state index contributed by atoms with van der Waals surface area (Å²) in [5.74, 6) is 1.05. The number of nitrogens with one attached hydrogen (secondary N) is 1. The van der Waals surface area contributed by atoms with E-state index in [4.69, 9.17) is 4.74 Å². The molecule has 18 heavy (non-hydrogen) atoms. The maximum absolute atomic E-state index is 5.16. The van der Waals surface area contributed by atoms with Crippen LogP contribution in [0, 0.1) is 6.92 Å². The van der Waals surface area contributed by atoms with E-state index in [1.165, 1.54) is 12.8 Å². The monoisotopic (exact) mass is 252 g/mol. The van der Waals surface area contributed by atoms with Crippen LogP contribution in [0.5, 0.6) is 0 Å². The average molecular weight is 252 g/mol. The normalized spacial score (nSPS) is 20.1. The lowest BCUT2D eigenvalue weighted by molar-refractivity contribution is 0.187. The highest BCUT2D eigenvalue weighted by Crippen LogP contribution is 2.18. The second-order valence-electron chi connectivity index (χ2n) is 4.98. The molecule has 1 saturated heterocycles. The maximum atomic E-state index is 5.16. The van der Waals surface area contributed by atoms with Crippen LogP contribution in [0.15, 0.2) is 6.20 Å². The molecule has 1 unspecified atom stereocenters. The van der Waals surface area contributed by atoms with E-state index < -0.39 is 0 Å². The minimum Gasteiger partial charge on any atom is -0.383 e. The van der Waals surface area contributed by atoms with Gasteiger partial charge in [0.05, 0.1) is 12.3 Å². The number of aromatic nitrogens is 2. The van der Waals surface area contributed by atoms with Gasteiger partial charge in [0.15, 0.2) is 0 Å². The third-order valence-electron chi connectivity index (χ3n) is 3.55. The zero-order valence-electron chi connectivity index (χ0n) is 11.6. The number of methoxy groups -OCH3 is 1. The highest BCUT2D eigenvalue weighted by atomic mass is 16.5. The molecule has 1 atom stereocenters. The fourth-order valence-corrected chi connectivity index (χ4v) is 2.50. The maximum Gasteiger partial charge on any atom is 0.205 e. The molecule has 1 aliphatic heterocycles. The van der Waals surface area contributed by atoms with Crippen LogP contribution in [-0.4, -0.2) is 49.4 Å². The summed E-state index contributed by atoms with van der Waals surface area (Å²) in [7, 11) is 3.88. The Morgan fingerprint density at radius 2 is 2.44 bits per heavy atom. The average Bonchev–Trinajstić information content (AvgIpc) is 2.77.